The molecule has 0 aromatic heterocycles. The number of rotatable bonds is 0. The van der Waals surface area contributed by atoms with Gasteiger partial charge in [0, 0.05) is 27.5 Å². The van der Waals surface area contributed by atoms with Crippen LogP contribution in [0.4, 0.5) is 0 Å². The predicted octanol–water partition coefficient (Wildman–Crippen LogP) is -3.00. The molecule has 103 valence electrons. The molecule has 0 aromatic carbocycles. The van der Waals surface area contributed by atoms with E-state index in [1.807, 2.05) is 42.9 Å². The average Bonchev–Trinajstić information content (AvgIpc) is 2.67. The van der Waals surface area contributed by atoms with Gasteiger partial charge in [-0.3, -0.25) is 0 Å². The van der Waals surface area contributed by atoms with E-state index in [0.717, 1.165) is 0 Å². The molecule has 0 bridgehead atoms. The number of halogens is 1. The molecule has 19 heavy (non-hydrogen) atoms. The third kappa shape index (κ3) is 103. The van der Waals surface area contributed by atoms with E-state index in [1.54, 1.807) is 0 Å². The normalized spacial score (nSPS) is 9.79. The van der Waals surface area contributed by atoms with Gasteiger partial charge in [0.25, 0.3) is 0 Å². The molecule has 1 aliphatic carbocycles. The minimum Gasteiger partial charge on any atom is -0.222 e. The second-order valence-corrected chi connectivity index (χ2v) is 2.48. The fourth-order valence-electron chi connectivity index (χ4n) is 0.449. The zero-order chi connectivity index (χ0) is 15.4. The van der Waals surface area contributed by atoms with E-state index in [1.165, 1.54) is 0 Å². The second kappa shape index (κ2) is 30.4. The first-order chi connectivity index (χ1) is 8.50. The van der Waals surface area contributed by atoms with Gasteiger partial charge in [-0.15, -0.1) is 10.2 Å². The van der Waals surface area contributed by atoms with Crippen LogP contribution in [0.2, 0.25) is 0 Å². The number of hydrogen-bond acceptors (Lipinski definition) is 4. The maximum Gasteiger partial charge on any atom is 0.00506 e. The molecule has 1 radical (unpaired) electrons. The molecule has 0 saturated carbocycles. The Balaban J connectivity index is -0.0000000488. The second-order valence-electron chi connectivity index (χ2n) is 1.73. The molecule has 9 heteroatoms. The predicted molar refractivity (Wildman–Crippen MR) is 43.5 cm³/mol. The Morgan fingerprint density at radius 3 is 0.947 bits per heavy atom. The molecular weight excluding hydrogens is 451 g/mol. The van der Waals surface area contributed by atoms with Crippen molar-refractivity contribution >= 4 is 0 Å². The maximum absolute atomic E-state index is 8.49. The summed E-state index contributed by atoms with van der Waals surface area (Å²) in [6, 6.07) is 0. The summed E-state index contributed by atoms with van der Waals surface area (Å²) in [6.07, 6.45) is 14.0. The van der Waals surface area contributed by atoms with Gasteiger partial charge in [-0.1, -0.05) is 36.5 Å². The minimum absolute atomic E-state index is 0. The van der Waals surface area contributed by atoms with E-state index in [0.29, 0.717) is 0 Å². The summed E-state index contributed by atoms with van der Waals surface area (Å²) in [4.78, 5) is 0. The van der Waals surface area contributed by atoms with Crippen LogP contribution in [0.25, 0.3) is 0 Å². The zero-order valence-corrected chi connectivity index (χ0v) is 12.9. The van der Waals surface area contributed by atoms with Gasteiger partial charge in [-0.05, 0) is 0 Å². The average molecular weight is 458 g/mol. The first-order valence-corrected chi connectivity index (χ1v) is 4.80. The first kappa shape index (κ1) is 30.9. The van der Waals surface area contributed by atoms with Crippen LogP contribution in [0.5, 0.6) is 0 Å². The summed E-state index contributed by atoms with van der Waals surface area (Å²) in [5.41, 5.74) is 0. The van der Waals surface area contributed by atoms with Crippen LogP contribution in [0.3, 0.4) is 0 Å². The Morgan fingerprint density at radius 2 is 0.737 bits per heavy atom. The number of hydrogen-bond donors (Lipinski definition) is 0. The SMILES string of the molecule is [C-]#[O+].[C-]#[O+].[C-]#[O+].[CH]1C=CC=CC=C1.[O-][Cl+3]([O-])([O-])[O-].[W]. The van der Waals surface area contributed by atoms with Crippen LogP contribution >= 0.6 is 0 Å². The molecule has 0 amide bonds. The van der Waals surface area contributed by atoms with Crippen molar-refractivity contribution in [3.05, 3.63) is 62.8 Å². The van der Waals surface area contributed by atoms with Gasteiger partial charge in [-0.2, -0.15) is 0 Å². The van der Waals surface area contributed by atoms with Crippen LogP contribution in [-0.2, 0) is 35.0 Å². The molecule has 0 spiro atoms. The maximum atomic E-state index is 8.49. The fraction of sp³-hybridized carbons (Fsp3) is 0. The van der Waals surface area contributed by atoms with Gasteiger partial charge in [-0.25, -0.2) is 18.6 Å². The molecule has 0 unspecified atom stereocenters. The van der Waals surface area contributed by atoms with Crippen LogP contribution in [0.15, 0.2) is 36.5 Å². The van der Waals surface area contributed by atoms with E-state index in [2.05, 4.69) is 20.0 Å². The summed E-state index contributed by atoms with van der Waals surface area (Å²) >= 11 is 0. The molecule has 0 fully saturated rings. The Morgan fingerprint density at radius 1 is 0.579 bits per heavy atom. The number of allylic oxidation sites excluding steroid dienone is 6. The van der Waals surface area contributed by atoms with Crippen LogP contribution in [0, 0.1) is 36.6 Å². The third-order valence-electron chi connectivity index (χ3n) is 0.778. The molecule has 0 aromatic rings. The van der Waals surface area contributed by atoms with Crippen molar-refractivity contribution in [2.45, 2.75) is 0 Å². The van der Waals surface area contributed by atoms with Crippen molar-refractivity contribution < 1.29 is 63.9 Å². The molecule has 0 aliphatic heterocycles. The van der Waals surface area contributed by atoms with E-state index in [4.69, 9.17) is 32.6 Å². The smallest absolute Gasteiger partial charge is 0.00506 e. The molecule has 0 saturated heterocycles. The largest absolute Gasteiger partial charge is 0.222 e. The zero-order valence-electron chi connectivity index (χ0n) is 9.19. The molecule has 0 heterocycles. The van der Waals surface area contributed by atoms with Gasteiger partial charge in [0.2, 0.25) is 0 Å². The van der Waals surface area contributed by atoms with Crippen LogP contribution < -0.4 is 18.6 Å². The van der Waals surface area contributed by atoms with E-state index < -0.39 is 10.2 Å². The van der Waals surface area contributed by atoms with Crippen molar-refractivity contribution in [3.63, 3.8) is 0 Å². The fourth-order valence-corrected chi connectivity index (χ4v) is 0.449. The summed E-state index contributed by atoms with van der Waals surface area (Å²) in [6.45, 7) is 13.5. The molecular formula is C10H7ClO7W-. The van der Waals surface area contributed by atoms with Crippen LogP contribution in [0.1, 0.15) is 0 Å². The van der Waals surface area contributed by atoms with Crippen molar-refractivity contribution in [3.8, 4) is 0 Å². The quantitative estimate of drug-likeness (QED) is 0.281. The minimum atomic E-state index is -4.94. The molecule has 1 rings (SSSR count). The Bertz CT molecular complexity index is 265. The molecule has 0 N–H and O–H groups in total. The molecule has 1 aliphatic rings. The Hall–Kier alpha value is -0.742. The van der Waals surface area contributed by atoms with E-state index in [9.17, 15) is 0 Å². The summed E-state index contributed by atoms with van der Waals surface area (Å²) in [5.74, 6) is 0. The topological polar surface area (TPSA) is 152 Å². The van der Waals surface area contributed by atoms with E-state index >= 15 is 0 Å². The van der Waals surface area contributed by atoms with Gasteiger partial charge in [0.05, 0.1) is 0 Å². The van der Waals surface area contributed by atoms with Gasteiger partial charge >= 0.3 is 33.9 Å². The van der Waals surface area contributed by atoms with Gasteiger partial charge < -0.3 is 0 Å². The van der Waals surface area contributed by atoms with Gasteiger partial charge in [0.1, 0.15) is 0 Å². The van der Waals surface area contributed by atoms with Crippen molar-refractivity contribution in [1.82, 2.24) is 0 Å². The Kier molecular flexibility index (Phi) is 49.4. The van der Waals surface area contributed by atoms with Gasteiger partial charge in [0.15, 0.2) is 0 Å². The first-order valence-electron chi connectivity index (χ1n) is 3.56. The summed E-state index contributed by atoms with van der Waals surface area (Å²) in [5, 5.41) is 0. The van der Waals surface area contributed by atoms with E-state index in [-0.39, 0.29) is 21.1 Å². The summed E-state index contributed by atoms with van der Waals surface area (Å²) < 4.78 is 56.5. The standard InChI is InChI=1S/C7H7.3CO.ClHO4.W/c1-2-4-6-7-5-3-1;3*1-2;2-1(3,4)5;/h1-7H;;;;(H,2,3,4,5);/p-1. The molecule has 0 atom stereocenters. The third-order valence-corrected chi connectivity index (χ3v) is 0.778. The molecule has 7 nitrogen and oxygen atoms in total. The Labute approximate surface area is 127 Å². The van der Waals surface area contributed by atoms with Crippen molar-refractivity contribution in [1.29, 1.82) is 0 Å². The van der Waals surface area contributed by atoms with Crippen LogP contribution in [-0.4, -0.2) is 0 Å². The van der Waals surface area contributed by atoms with Crippen molar-refractivity contribution in [2.24, 2.45) is 0 Å². The van der Waals surface area contributed by atoms with Crippen molar-refractivity contribution in [2.75, 3.05) is 0 Å². The monoisotopic (exact) mass is 458 g/mol. The summed E-state index contributed by atoms with van der Waals surface area (Å²) in [7, 11) is -4.94.